The van der Waals surface area contributed by atoms with Crippen molar-refractivity contribution in [1.82, 2.24) is 0 Å². The summed E-state index contributed by atoms with van der Waals surface area (Å²) in [6, 6.07) is 14.5. The van der Waals surface area contributed by atoms with Gasteiger partial charge in [-0.1, -0.05) is 29.8 Å². The Morgan fingerprint density at radius 3 is 2.50 bits per heavy atom. The third kappa shape index (κ3) is 3.91. The lowest BCUT2D eigenvalue weighted by molar-refractivity contribution is 0.414. The first-order valence-electron chi connectivity index (χ1n) is 6.74. The van der Waals surface area contributed by atoms with Crippen LogP contribution < -0.4 is 10.1 Å². The summed E-state index contributed by atoms with van der Waals surface area (Å²) in [6.07, 6.45) is 0.939. The predicted octanol–water partition coefficient (Wildman–Crippen LogP) is 4.70. The smallest absolute Gasteiger partial charge is 0.118 e. The van der Waals surface area contributed by atoms with E-state index in [1.807, 2.05) is 24.3 Å². The molecule has 0 radical (unpaired) electrons. The lowest BCUT2D eigenvalue weighted by Crippen LogP contribution is -2.18. The van der Waals surface area contributed by atoms with Crippen LogP contribution in [0.5, 0.6) is 5.75 Å². The van der Waals surface area contributed by atoms with Crippen molar-refractivity contribution >= 4 is 17.3 Å². The van der Waals surface area contributed by atoms with E-state index in [2.05, 4.69) is 37.4 Å². The van der Waals surface area contributed by atoms with Gasteiger partial charge >= 0.3 is 0 Å². The van der Waals surface area contributed by atoms with Crippen LogP contribution in [-0.2, 0) is 6.42 Å². The molecule has 0 aliphatic heterocycles. The topological polar surface area (TPSA) is 21.3 Å². The van der Waals surface area contributed by atoms with E-state index in [9.17, 15) is 0 Å². The van der Waals surface area contributed by atoms with Gasteiger partial charge in [0.05, 0.1) is 17.8 Å². The highest BCUT2D eigenvalue weighted by atomic mass is 35.5. The van der Waals surface area contributed by atoms with Crippen LogP contribution in [0.25, 0.3) is 0 Å². The van der Waals surface area contributed by atoms with Gasteiger partial charge in [-0.15, -0.1) is 0 Å². The number of hydrogen-bond acceptors (Lipinski definition) is 2. The maximum Gasteiger partial charge on any atom is 0.118 e. The highest BCUT2D eigenvalue weighted by molar-refractivity contribution is 6.33. The minimum atomic E-state index is 0.308. The summed E-state index contributed by atoms with van der Waals surface area (Å²) in [5.41, 5.74) is 3.47. The zero-order chi connectivity index (χ0) is 14.5. The van der Waals surface area contributed by atoms with Crippen LogP contribution in [0, 0.1) is 6.92 Å². The number of anilines is 1. The van der Waals surface area contributed by atoms with E-state index in [0.717, 1.165) is 22.9 Å². The average Bonchev–Trinajstić information content (AvgIpc) is 2.43. The molecule has 0 spiro atoms. The molecule has 2 aromatic carbocycles. The van der Waals surface area contributed by atoms with Crippen molar-refractivity contribution in [3.05, 3.63) is 58.6 Å². The van der Waals surface area contributed by atoms with E-state index in [1.54, 1.807) is 7.11 Å². The minimum absolute atomic E-state index is 0.308. The molecule has 0 fully saturated rings. The van der Waals surface area contributed by atoms with E-state index in [0.29, 0.717) is 6.04 Å². The van der Waals surface area contributed by atoms with Crippen molar-refractivity contribution in [3.8, 4) is 5.75 Å². The fraction of sp³-hybridized carbons (Fsp3) is 0.294. The molecular formula is C17H20ClNO. The summed E-state index contributed by atoms with van der Waals surface area (Å²) in [5.74, 6) is 0.885. The second kappa shape index (κ2) is 6.67. The minimum Gasteiger partial charge on any atom is -0.497 e. The van der Waals surface area contributed by atoms with Gasteiger partial charge in [-0.3, -0.25) is 0 Å². The lowest BCUT2D eigenvalue weighted by atomic mass is 10.1. The summed E-state index contributed by atoms with van der Waals surface area (Å²) >= 11 is 6.20. The molecule has 2 rings (SSSR count). The van der Waals surface area contributed by atoms with E-state index >= 15 is 0 Å². The van der Waals surface area contributed by atoms with Crippen molar-refractivity contribution in [2.24, 2.45) is 0 Å². The van der Waals surface area contributed by atoms with E-state index in [1.165, 1.54) is 11.1 Å². The second-order valence-electron chi connectivity index (χ2n) is 5.08. The summed E-state index contributed by atoms with van der Waals surface area (Å²) < 4.78 is 5.17. The highest BCUT2D eigenvalue weighted by Gasteiger charge is 2.07. The fourth-order valence-electron chi connectivity index (χ4n) is 2.18. The molecule has 0 heterocycles. The first-order valence-corrected chi connectivity index (χ1v) is 7.12. The zero-order valence-electron chi connectivity index (χ0n) is 12.1. The maximum absolute atomic E-state index is 6.20. The number of methoxy groups -OCH3 is 1. The molecule has 0 amide bonds. The number of rotatable bonds is 5. The summed E-state index contributed by atoms with van der Waals surface area (Å²) in [6.45, 7) is 4.22. The second-order valence-corrected chi connectivity index (χ2v) is 5.49. The fourth-order valence-corrected chi connectivity index (χ4v) is 2.35. The first-order chi connectivity index (χ1) is 9.58. The zero-order valence-corrected chi connectivity index (χ0v) is 12.9. The molecule has 1 unspecified atom stereocenters. The number of aryl methyl sites for hydroxylation is 1. The molecule has 3 heteroatoms. The molecule has 0 aliphatic rings. The van der Waals surface area contributed by atoms with Crippen molar-refractivity contribution in [3.63, 3.8) is 0 Å². The summed E-state index contributed by atoms with van der Waals surface area (Å²) in [5, 5.41) is 4.23. The van der Waals surface area contributed by atoms with Crippen LogP contribution in [0.15, 0.2) is 42.5 Å². The molecular weight excluding hydrogens is 270 g/mol. The van der Waals surface area contributed by atoms with Gasteiger partial charge in [-0.05, 0) is 55.7 Å². The number of halogens is 1. The normalized spacial score (nSPS) is 12.0. The number of hydrogen-bond donors (Lipinski definition) is 1. The number of benzene rings is 2. The van der Waals surface area contributed by atoms with Crippen molar-refractivity contribution in [1.29, 1.82) is 0 Å². The molecule has 2 aromatic rings. The van der Waals surface area contributed by atoms with E-state index in [-0.39, 0.29) is 0 Å². The first kappa shape index (κ1) is 14.7. The SMILES string of the molecule is COc1ccc(CC(C)Nc2cc(C)ccc2Cl)cc1. The van der Waals surface area contributed by atoms with Crippen LogP contribution in [-0.4, -0.2) is 13.2 Å². The molecule has 1 atom stereocenters. The number of nitrogens with one attached hydrogen (secondary N) is 1. The largest absolute Gasteiger partial charge is 0.497 e. The Hall–Kier alpha value is -1.67. The average molecular weight is 290 g/mol. The lowest BCUT2D eigenvalue weighted by Gasteiger charge is -2.17. The molecule has 1 N–H and O–H groups in total. The van der Waals surface area contributed by atoms with Crippen LogP contribution in [0.2, 0.25) is 5.02 Å². The molecule has 106 valence electrons. The number of ether oxygens (including phenoxy) is 1. The van der Waals surface area contributed by atoms with Gasteiger partial charge in [0.2, 0.25) is 0 Å². The van der Waals surface area contributed by atoms with Gasteiger partial charge in [-0.25, -0.2) is 0 Å². The van der Waals surface area contributed by atoms with Gasteiger partial charge in [0.15, 0.2) is 0 Å². The van der Waals surface area contributed by atoms with Crippen molar-refractivity contribution in [2.45, 2.75) is 26.3 Å². The Morgan fingerprint density at radius 2 is 1.85 bits per heavy atom. The third-order valence-electron chi connectivity index (χ3n) is 3.22. The van der Waals surface area contributed by atoms with E-state index < -0.39 is 0 Å². The van der Waals surface area contributed by atoms with Crippen molar-refractivity contribution in [2.75, 3.05) is 12.4 Å². The molecule has 0 saturated heterocycles. The monoisotopic (exact) mass is 289 g/mol. The Kier molecular flexibility index (Phi) is 4.91. The standard InChI is InChI=1S/C17H20ClNO/c1-12-4-9-16(18)17(10-12)19-13(2)11-14-5-7-15(20-3)8-6-14/h4-10,13,19H,11H2,1-3H3. The Morgan fingerprint density at radius 1 is 1.15 bits per heavy atom. The predicted molar refractivity (Wildman–Crippen MR) is 86.0 cm³/mol. The molecule has 0 aromatic heterocycles. The van der Waals surface area contributed by atoms with Crippen LogP contribution >= 0.6 is 11.6 Å². The van der Waals surface area contributed by atoms with Gasteiger partial charge in [0, 0.05) is 6.04 Å². The summed E-state index contributed by atoms with van der Waals surface area (Å²) in [7, 11) is 1.68. The van der Waals surface area contributed by atoms with Gasteiger partial charge < -0.3 is 10.1 Å². The molecule has 20 heavy (non-hydrogen) atoms. The Labute approximate surface area is 125 Å². The molecule has 0 aliphatic carbocycles. The molecule has 0 bridgehead atoms. The molecule has 0 saturated carbocycles. The van der Waals surface area contributed by atoms with Crippen molar-refractivity contribution < 1.29 is 4.74 Å². The van der Waals surface area contributed by atoms with Crippen LogP contribution in [0.4, 0.5) is 5.69 Å². The van der Waals surface area contributed by atoms with Crippen LogP contribution in [0.3, 0.4) is 0 Å². The highest BCUT2D eigenvalue weighted by Crippen LogP contribution is 2.24. The van der Waals surface area contributed by atoms with Gasteiger partial charge in [0.25, 0.3) is 0 Å². The summed E-state index contributed by atoms with van der Waals surface area (Å²) in [4.78, 5) is 0. The third-order valence-corrected chi connectivity index (χ3v) is 3.55. The van der Waals surface area contributed by atoms with Gasteiger partial charge in [-0.2, -0.15) is 0 Å². The molecule has 2 nitrogen and oxygen atoms in total. The van der Waals surface area contributed by atoms with E-state index in [4.69, 9.17) is 16.3 Å². The van der Waals surface area contributed by atoms with Crippen LogP contribution in [0.1, 0.15) is 18.1 Å². The quantitative estimate of drug-likeness (QED) is 0.861. The Bertz CT molecular complexity index is 566. The Balaban J connectivity index is 2.00. The maximum atomic E-state index is 6.20. The van der Waals surface area contributed by atoms with Gasteiger partial charge in [0.1, 0.15) is 5.75 Å².